The number of hydrogen-bond donors (Lipinski definition) is 6. The third-order valence-corrected chi connectivity index (χ3v) is 7.32. The number of aromatic nitrogens is 3. The number of anilines is 6. The van der Waals surface area contributed by atoms with Crippen molar-refractivity contribution in [1.29, 1.82) is 0 Å². The van der Waals surface area contributed by atoms with Gasteiger partial charge in [0, 0.05) is 27.8 Å². The van der Waals surface area contributed by atoms with Crippen LogP contribution in [0.1, 0.15) is 11.1 Å². The van der Waals surface area contributed by atoms with E-state index >= 15 is 0 Å². The van der Waals surface area contributed by atoms with Gasteiger partial charge in [0.2, 0.25) is 17.2 Å². The van der Waals surface area contributed by atoms with Crippen LogP contribution in [0.25, 0.3) is 12.2 Å². The van der Waals surface area contributed by atoms with Crippen LogP contribution in [0.3, 0.4) is 0 Å². The molecule has 0 aliphatic heterocycles. The zero-order valence-corrected chi connectivity index (χ0v) is 23.1. The Hall–Kier alpha value is -3.99. The molecule has 0 saturated heterocycles. The van der Waals surface area contributed by atoms with Crippen LogP contribution in [-0.2, 0) is 20.2 Å². The summed E-state index contributed by atoms with van der Waals surface area (Å²) < 4.78 is 68.2. The van der Waals surface area contributed by atoms with E-state index in [-0.39, 0.29) is 34.0 Å². The molecule has 0 unspecified atom stereocenters. The van der Waals surface area contributed by atoms with E-state index in [0.717, 1.165) is 6.07 Å². The minimum absolute atomic E-state index is 0.000801. The summed E-state index contributed by atoms with van der Waals surface area (Å²) in [6.45, 7) is 0. The van der Waals surface area contributed by atoms with Gasteiger partial charge < -0.3 is 22.1 Å². The van der Waals surface area contributed by atoms with Gasteiger partial charge in [-0.15, -0.1) is 0 Å². The van der Waals surface area contributed by atoms with E-state index in [1.165, 1.54) is 48.6 Å². The number of nitrogens with one attached hydrogen (secondary N) is 2. The first-order valence-electron chi connectivity index (χ1n) is 10.9. The number of halogens is 2. The Kier molecular flexibility index (Phi) is 8.15. The normalized spacial score (nSPS) is 12.0. The maximum atomic E-state index is 12.1. The summed E-state index contributed by atoms with van der Waals surface area (Å²) in [7, 11) is -9.47. The fraction of sp³-hybridized carbons (Fsp3) is 0. The molecule has 0 fully saturated rings. The number of nitrogen functional groups attached to an aromatic ring is 2. The smallest absolute Gasteiger partial charge is 0.295 e. The molecule has 17 heteroatoms. The highest BCUT2D eigenvalue weighted by Gasteiger charge is 2.18. The van der Waals surface area contributed by atoms with Crippen molar-refractivity contribution in [2.24, 2.45) is 0 Å². The van der Waals surface area contributed by atoms with Crippen LogP contribution < -0.4 is 22.1 Å². The first-order valence-corrected chi connectivity index (χ1v) is 14.5. The van der Waals surface area contributed by atoms with E-state index in [1.54, 1.807) is 12.1 Å². The molecule has 1 aromatic heterocycles. The Morgan fingerprint density at radius 1 is 0.700 bits per heavy atom. The zero-order valence-electron chi connectivity index (χ0n) is 19.9. The SMILES string of the molecule is Nc1cc(Cl)cc(Nc2ccc(C=Cc3ccc(Nc4nc(N)nc(Cl)n4)cc3S(=O)(=O)O)c(S(=O)(=O)O)c2)c1. The Labute approximate surface area is 238 Å². The monoisotopic (exact) mass is 623 g/mol. The molecule has 40 heavy (non-hydrogen) atoms. The van der Waals surface area contributed by atoms with Gasteiger partial charge in [-0.1, -0.05) is 35.9 Å². The maximum absolute atomic E-state index is 12.1. The van der Waals surface area contributed by atoms with Crippen LogP contribution in [-0.4, -0.2) is 40.9 Å². The summed E-state index contributed by atoms with van der Waals surface area (Å²) in [5.41, 5.74) is 12.6. The number of nitrogens with two attached hydrogens (primary N) is 2. The number of benzene rings is 3. The molecule has 0 aliphatic rings. The lowest BCUT2D eigenvalue weighted by atomic mass is 10.1. The minimum atomic E-state index is -4.75. The third-order valence-electron chi connectivity index (χ3n) is 5.12. The predicted octanol–water partition coefficient (Wildman–Crippen LogP) is 4.49. The van der Waals surface area contributed by atoms with Crippen molar-refractivity contribution in [1.82, 2.24) is 15.0 Å². The van der Waals surface area contributed by atoms with E-state index in [0.29, 0.717) is 22.1 Å². The molecule has 0 bridgehead atoms. The zero-order chi connectivity index (χ0) is 29.2. The van der Waals surface area contributed by atoms with Crippen molar-refractivity contribution in [3.8, 4) is 0 Å². The first kappa shape index (κ1) is 29.0. The molecule has 0 spiro atoms. The predicted molar refractivity (Wildman–Crippen MR) is 153 cm³/mol. The fourth-order valence-corrected chi connectivity index (χ4v) is 5.36. The van der Waals surface area contributed by atoms with E-state index in [2.05, 4.69) is 25.6 Å². The van der Waals surface area contributed by atoms with Gasteiger partial charge in [0.05, 0.1) is 0 Å². The fourth-order valence-electron chi connectivity index (χ4n) is 3.53. The molecule has 0 saturated carbocycles. The maximum Gasteiger partial charge on any atom is 0.295 e. The second-order valence-electron chi connectivity index (χ2n) is 8.10. The van der Waals surface area contributed by atoms with Crippen LogP contribution in [0, 0.1) is 0 Å². The average molecular weight is 624 g/mol. The van der Waals surface area contributed by atoms with E-state index in [9.17, 15) is 25.9 Å². The number of nitrogens with zero attached hydrogens (tertiary/aromatic N) is 3. The van der Waals surface area contributed by atoms with E-state index in [4.69, 9.17) is 34.7 Å². The topological polar surface area (TPSA) is 224 Å². The van der Waals surface area contributed by atoms with Crippen LogP contribution >= 0.6 is 23.2 Å². The van der Waals surface area contributed by atoms with Crippen LogP contribution in [0.2, 0.25) is 10.3 Å². The van der Waals surface area contributed by atoms with Gasteiger partial charge in [-0.05, 0) is 65.2 Å². The van der Waals surface area contributed by atoms with Gasteiger partial charge in [0.1, 0.15) is 9.79 Å². The summed E-state index contributed by atoms with van der Waals surface area (Å²) in [6, 6.07) is 12.6. The van der Waals surface area contributed by atoms with Gasteiger partial charge in [0.25, 0.3) is 20.2 Å². The second kappa shape index (κ2) is 11.2. The summed E-state index contributed by atoms with van der Waals surface area (Å²) in [4.78, 5) is 10.3. The number of hydrogen-bond acceptors (Lipinski definition) is 11. The van der Waals surface area contributed by atoms with Crippen molar-refractivity contribution < 1.29 is 25.9 Å². The molecule has 13 nitrogen and oxygen atoms in total. The van der Waals surface area contributed by atoms with E-state index in [1.807, 2.05) is 0 Å². The molecule has 0 aliphatic carbocycles. The van der Waals surface area contributed by atoms with Crippen LogP contribution in [0.15, 0.2) is 64.4 Å². The van der Waals surface area contributed by atoms with Gasteiger partial charge in [-0.3, -0.25) is 9.11 Å². The second-order valence-corrected chi connectivity index (χ2v) is 11.7. The molecule has 0 atom stereocenters. The highest BCUT2D eigenvalue weighted by molar-refractivity contribution is 7.86. The number of rotatable bonds is 8. The highest BCUT2D eigenvalue weighted by atomic mass is 35.5. The Bertz CT molecular complexity index is 1690. The van der Waals surface area contributed by atoms with Crippen molar-refractivity contribution in [2.45, 2.75) is 9.79 Å². The largest absolute Gasteiger partial charge is 0.399 e. The summed E-state index contributed by atoms with van der Waals surface area (Å²) in [6.07, 6.45) is 2.51. The molecule has 4 rings (SSSR count). The van der Waals surface area contributed by atoms with Crippen LogP contribution in [0.5, 0.6) is 0 Å². The minimum Gasteiger partial charge on any atom is -0.399 e. The van der Waals surface area contributed by atoms with Gasteiger partial charge >= 0.3 is 0 Å². The summed E-state index contributed by atoms with van der Waals surface area (Å²) in [5.74, 6) is -0.251. The van der Waals surface area contributed by atoms with Crippen molar-refractivity contribution >= 4 is 90.2 Å². The summed E-state index contributed by atoms with van der Waals surface area (Å²) >= 11 is 11.8. The molecular formula is C23H19Cl2N7O6S2. The molecule has 208 valence electrons. The lowest BCUT2D eigenvalue weighted by Crippen LogP contribution is -2.05. The molecule has 1 heterocycles. The van der Waals surface area contributed by atoms with E-state index < -0.39 is 30.0 Å². The Morgan fingerprint density at radius 3 is 1.75 bits per heavy atom. The van der Waals surface area contributed by atoms with Gasteiger partial charge in [0.15, 0.2) is 0 Å². The molecule has 3 aromatic carbocycles. The lowest BCUT2D eigenvalue weighted by Gasteiger charge is -2.11. The third kappa shape index (κ3) is 7.35. The Morgan fingerprint density at radius 2 is 1.25 bits per heavy atom. The highest BCUT2D eigenvalue weighted by Crippen LogP contribution is 2.29. The first-order chi connectivity index (χ1) is 18.7. The van der Waals surface area contributed by atoms with Crippen molar-refractivity contribution in [2.75, 3.05) is 22.1 Å². The lowest BCUT2D eigenvalue weighted by molar-refractivity contribution is 0.480. The average Bonchev–Trinajstić information content (AvgIpc) is 2.81. The standard InChI is InChI=1S/C23H19Cl2N7O6S2/c24-14-7-15(26)9-18(8-14)28-16-5-3-12(19(10-16)39(33,34)35)1-2-13-4-6-17(11-20(13)40(36,37)38)29-23-31-21(25)30-22(27)32-23/h1-11,28H,26H2,(H,33,34,35)(H,36,37,38)(H3,27,29,30,31,32). The molecule has 8 N–H and O–H groups in total. The Balaban J connectivity index is 1.69. The van der Waals surface area contributed by atoms with Crippen LogP contribution in [0.4, 0.5) is 34.6 Å². The quantitative estimate of drug-likeness (QED) is 0.0904. The summed E-state index contributed by atoms with van der Waals surface area (Å²) in [5, 5.41) is 5.81. The molecule has 0 radical (unpaired) electrons. The molecular weight excluding hydrogens is 605 g/mol. The van der Waals surface area contributed by atoms with Crippen molar-refractivity contribution in [3.05, 3.63) is 76.0 Å². The molecule has 0 amide bonds. The van der Waals surface area contributed by atoms with Gasteiger partial charge in [-0.25, -0.2) is 0 Å². The van der Waals surface area contributed by atoms with Crippen molar-refractivity contribution in [3.63, 3.8) is 0 Å². The molecule has 4 aromatic rings. The van der Waals surface area contributed by atoms with Gasteiger partial charge in [-0.2, -0.15) is 31.8 Å².